The number of carbonyl (C=O) groups excluding carboxylic acids is 2. The number of esters is 2. The maximum absolute atomic E-state index is 13.1. The third-order valence-electron chi connectivity index (χ3n) is 5.12. The van der Waals surface area contributed by atoms with E-state index >= 15 is 0 Å². The Morgan fingerprint density at radius 3 is 2.31 bits per heavy atom. The van der Waals surface area contributed by atoms with Gasteiger partial charge in [-0.3, -0.25) is 4.99 Å². The molecule has 2 heterocycles. The summed E-state index contributed by atoms with van der Waals surface area (Å²) in [5, 5.41) is 5.13. The first-order valence-electron chi connectivity index (χ1n) is 10.7. The Kier molecular flexibility index (Phi) is 8.00. The first-order valence-corrected chi connectivity index (χ1v) is 11.5. The normalized spacial score (nSPS) is 17.3. The van der Waals surface area contributed by atoms with Crippen LogP contribution >= 0.6 is 11.3 Å². The summed E-state index contributed by atoms with van der Waals surface area (Å²) in [4.78, 5) is 31.5. The first kappa shape index (κ1) is 23.5. The number of hydrogen-bond donors (Lipinski definition) is 1. The lowest BCUT2D eigenvalue weighted by atomic mass is 9.84. The van der Waals surface area contributed by atoms with Crippen LogP contribution in [0, 0.1) is 0 Å². The smallest absolute Gasteiger partial charge is 0.337 e. The molecule has 1 aromatic heterocycles. The molecule has 2 aromatic rings. The highest BCUT2D eigenvalue weighted by molar-refractivity contribution is 7.10. The van der Waals surface area contributed by atoms with E-state index in [0.717, 1.165) is 10.4 Å². The van der Waals surface area contributed by atoms with Crippen molar-refractivity contribution >= 4 is 29.5 Å². The second-order valence-corrected chi connectivity index (χ2v) is 8.22. The van der Waals surface area contributed by atoms with E-state index in [1.807, 2.05) is 61.7 Å². The molecule has 1 aliphatic rings. The number of rotatable bonds is 8. The molecule has 0 spiro atoms. The van der Waals surface area contributed by atoms with Crippen molar-refractivity contribution in [3.8, 4) is 0 Å². The van der Waals surface area contributed by atoms with E-state index in [4.69, 9.17) is 9.47 Å². The Hall–Kier alpha value is -3.19. The molecule has 0 saturated heterocycles. The Morgan fingerprint density at radius 2 is 1.72 bits per heavy atom. The molecule has 1 N–H and O–H groups in total. The lowest BCUT2D eigenvalue weighted by molar-refractivity contribution is -0.139. The lowest BCUT2D eigenvalue weighted by Gasteiger charge is -2.29. The van der Waals surface area contributed by atoms with Crippen molar-refractivity contribution in [3.05, 3.63) is 80.8 Å². The minimum Gasteiger partial charge on any atom is -0.463 e. The summed E-state index contributed by atoms with van der Waals surface area (Å²) in [6.07, 6.45) is 1.66. The predicted molar refractivity (Wildman–Crippen MR) is 127 cm³/mol. The van der Waals surface area contributed by atoms with Crippen LogP contribution in [0.5, 0.6) is 0 Å². The maximum atomic E-state index is 13.1. The van der Waals surface area contributed by atoms with Gasteiger partial charge >= 0.3 is 11.9 Å². The van der Waals surface area contributed by atoms with E-state index in [1.165, 1.54) is 11.3 Å². The highest BCUT2D eigenvalue weighted by atomic mass is 32.1. The van der Waals surface area contributed by atoms with E-state index in [-0.39, 0.29) is 19.3 Å². The Balaban J connectivity index is 2.10. The van der Waals surface area contributed by atoms with Gasteiger partial charge in [0, 0.05) is 16.8 Å². The molecule has 1 aromatic carbocycles. The molecule has 32 heavy (non-hydrogen) atoms. The quantitative estimate of drug-likeness (QED) is 0.454. The zero-order valence-corrected chi connectivity index (χ0v) is 19.6. The second-order valence-electron chi connectivity index (χ2n) is 7.25. The van der Waals surface area contributed by atoms with Crippen molar-refractivity contribution in [2.75, 3.05) is 13.2 Å². The van der Waals surface area contributed by atoms with Gasteiger partial charge in [0.25, 0.3) is 0 Å². The molecule has 7 heteroatoms. The third-order valence-corrected chi connectivity index (χ3v) is 6.06. The molecule has 1 aliphatic heterocycles. The average Bonchev–Trinajstić information content (AvgIpc) is 3.32. The molecule has 0 unspecified atom stereocenters. The van der Waals surface area contributed by atoms with Gasteiger partial charge in [0.2, 0.25) is 0 Å². The topological polar surface area (TPSA) is 77.0 Å². The first-order chi connectivity index (χ1) is 15.5. The van der Waals surface area contributed by atoms with Gasteiger partial charge in [-0.2, -0.15) is 0 Å². The second kappa shape index (κ2) is 10.9. The van der Waals surface area contributed by atoms with Crippen LogP contribution in [-0.2, 0) is 19.1 Å². The van der Waals surface area contributed by atoms with Crippen LogP contribution in [0.15, 0.2) is 75.4 Å². The summed E-state index contributed by atoms with van der Waals surface area (Å²) in [5.41, 5.74) is 2.98. The van der Waals surface area contributed by atoms with Gasteiger partial charge in [0.1, 0.15) is 0 Å². The van der Waals surface area contributed by atoms with E-state index in [2.05, 4.69) is 10.3 Å². The van der Waals surface area contributed by atoms with E-state index < -0.39 is 17.9 Å². The highest BCUT2D eigenvalue weighted by Gasteiger charge is 2.39. The van der Waals surface area contributed by atoms with Gasteiger partial charge in [-0.05, 0) is 44.7 Å². The molecule has 0 amide bonds. The van der Waals surface area contributed by atoms with Crippen LogP contribution in [-0.4, -0.2) is 31.4 Å². The van der Waals surface area contributed by atoms with Crippen LogP contribution in [0.1, 0.15) is 50.1 Å². The van der Waals surface area contributed by atoms with Crippen molar-refractivity contribution in [1.29, 1.82) is 0 Å². The molecule has 0 radical (unpaired) electrons. The standard InChI is InChI=1S/C25H28N2O4S/c1-5-30-24(28)21-17(4)27-19(15-26-16(3)18-11-8-7-9-12-18)22(25(29)31-6-2)23(21)20-13-10-14-32-20/h7-16,23,27H,5-6H2,1-4H3/t16-,23+/m0/s1. The molecule has 2 atom stereocenters. The molecule has 6 nitrogen and oxygen atoms in total. The lowest BCUT2D eigenvalue weighted by Crippen LogP contribution is -2.33. The van der Waals surface area contributed by atoms with E-state index in [1.54, 1.807) is 20.1 Å². The molecule has 0 bridgehead atoms. The van der Waals surface area contributed by atoms with Gasteiger partial charge in [-0.15, -0.1) is 11.3 Å². The van der Waals surface area contributed by atoms with Gasteiger partial charge in [0.15, 0.2) is 0 Å². The number of hydrogen-bond acceptors (Lipinski definition) is 7. The Labute approximate surface area is 192 Å². The Bertz CT molecular complexity index is 1040. The van der Waals surface area contributed by atoms with Crippen LogP contribution in [0.4, 0.5) is 0 Å². The molecular weight excluding hydrogens is 424 g/mol. The SMILES string of the molecule is CCOC(=O)C1=C(C)NC(C=N[C@@H](C)c2ccccc2)=C(C(=O)OCC)[C@@H]1c1cccs1. The van der Waals surface area contributed by atoms with E-state index in [0.29, 0.717) is 22.5 Å². The number of dihydropyridines is 1. The monoisotopic (exact) mass is 452 g/mol. The van der Waals surface area contributed by atoms with E-state index in [9.17, 15) is 9.59 Å². The Morgan fingerprint density at radius 1 is 1.06 bits per heavy atom. The molecule has 0 aliphatic carbocycles. The fourth-order valence-corrected chi connectivity index (χ4v) is 4.46. The number of ether oxygens (including phenoxy) is 2. The minimum atomic E-state index is -0.595. The van der Waals surface area contributed by atoms with Gasteiger partial charge in [-0.25, -0.2) is 9.59 Å². The molecular formula is C25H28N2O4S. The van der Waals surface area contributed by atoms with Crippen molar-refractivity contribution in [3.63, 3.8) is 0 Å². The third kappa shape index (κ3) is 5.16. The summed E-state index contributed by atoms with van der Waals surface area (Å²) in [5.74, 6) is -1.53. The number of nitrogens with one attached hydrogen (secondary N) is 1. The summed E-state index contributed by atoms with van der Waals surface area (Å²) in [7, 11) is 0. The number of thiophene rings is 1. The molecule has 0 saturated carbocycles. The van der Waals surface area contributed by atoms with Crippen LogP contribution < -0.4 is 5.32 Å². The maximum Gasteiger partial charge on any atom is 0.337 e. The van der Waals surface area contributed by atoms with Gasteiger partial charge < -0.3 is 14.8 Å². The van der Waals surface area contributed by atoms with Crippen molar-refractivity contribution in [2.45, 2.75) is 39.7 Å². The number of carbonyl (C=O) groups is 2. The average molecular weight is 453 g/mol. The largest absolute Gasteiger partial charge is 0.463 e. The predicted octanol–water partition coefficient (Wildman–Crippen LogP) is 4.92. The fraction of sp³-hybridized carbons (Fsp3) is 0.320. The summed E-state index contributed by atoms with van der Waals surface area (Å²) in [6.45, 7) is 7.78. The number of benzene rings is 1. The van der Waals surface area contributed by atoms with Crippen LogP contribution in [0.3, 0.4) is 0 Å². The van der Waals surface area contributed by atoms with Crippen LogP contribution in [0.25, 0.3) is 0 Å². The van der Waals surface area contributed by atoms with Crippen molar-refractivity contribution < 1.29 is 19.1 Å². The van der Waals surface area contributed by atoms with Gasteiger partial charge in [0.05, 0.1) is 42.0 Å². The summed E-state index contributed by atoms with van der Waals surface area (Å²) < 4.78 is 10.7. The van der Waals surface area contributed by atoms with Gasteiger partial charge in [-0.1, -0.05) is 36.4 Å². The fourth-order valence-electron chi connectivity index (χ4n) is 3.62. The van der Waals surface area contributed by atoms with Crippen molar-refractivity contribution in [2.24, 2.45) is 4.99 Å². The zero-order valence-electron chi connectivity index (χ0n) is 18.8. The number of nitrogens with zero attached hydrogens (tertiary/aromatic N) is 1. The summed E-state index contributed by atoms with van der Waals surface area (Å²) >= 11 is 1.48. The molecule has 3 rings (SSSR count). The molecule has 168 valence electrons. The highest BCUT2D eigenvalue weighted by Crippen LogP contribution is 2.41. The van der Waals surface area contributed by atoms with Crippen LogP contribution in [0.2, 0.25) is 0 Å². The number of aliphatic imine (C=N–C) groups is 1. The number of allylic oxidation sites excluding steroid dienone is 2. The minimum absolute atomic E-state index is 0.107. The zero-order chi connectivity index (χ0) is 23.1. The molecule has 0 fully saturated rings. The van der Waals surface area contributed by atoms with Crippen molar-refractivity contribution in [1.82, 2.24) is 5.32 Å². The summed E-state index contributed by atoms with van der Waals surface area (Å²) in [6, 6.07) is 13.6.